The van der Waals surface area contributed by atoms with Crippen LogP contribution in [-0.4, -0.2) is 11.8 Å². The molecule has 4 aromatic heterocycles. The Morgan fingerprint density at radius 3 is 1.92 bits per heavy atom. The van der Waals surface area contributed by atoms with Crippen molar-refractivity contribution in [2.24, 2.45) is 0 Å². The Labute approximate surface area is 421 Å². The quantitative estimate of drug-likeness (QED) is 0.169. The highest BCUT2D eigenvalue weighted by atomic mass is 32.1. The van der Waals surface area contributed by atoms with E-state index >= 15 is 0 Å². The summed E-state index contributed by atoms with van der Waals surface area (Å²) in [6.45, 7) is 13.7. The molecule has 1 aliphatic rings. The molecule has 1 N–H and O–H groups in total. The van der Waals surface area contributed by atoms with Crippen LogP contribution in [0, 0.1) is 0 Å². The van der Waals surface area contributed by atoms with Gasteiger partial charge in [-0.1, -0.05) is 133 Å². The normalized spacial score (nSPS) is 12.8. The summed E-state index contributed by atoms with van der Waals surface area (Å²) in [6.07, 6.45) is 0. The molecule has 0 aliphatic carbocycles. The number of para-hydroxylation sites is 3. The number of nitrogens with zero attached hydrogens (tertiary/aromatic N) is 2. The zero-order valence-corrected chi connectivity index (χ0v) is 42.2. The number of fused-ring (bicyclic) bond motifs is 13. The minimum Gasteiger partial charge on any atom is -0.456 e. The van der Waals surface area contributed by atoms with Crippen LogP contribution in [0.3, 0.4) is 0 Å². The molecular formula is C64H49BN3OS2. The minimum absolute atomic E-state index is 0.00737. The molecule has 1 radical (unpaired) electrons. The summed E-state index contributed by atoms with van der Waals surface area (Å²) >= 11 is 3.76. The van der Waals surface area contributed by atoms with Gasteiger partial charge in [-0.25, -0.2) is 0 Å². The lowest BCUT2D eigenvalue weighted by atomic mass is 9.63. The Morgan fingerprint density at radius 1 is 0.479 bits per heavy atom. The lowest BCUT2D eigenvalue weighted by Gasteiger charge is -2.25. The number of benzene rings is 9. The van der Waals surface area contributed by atoms with Crippen LogP contribution in [0.25, 0.3) is 90.8 Å². The van der Waals surface area contributed by atoms with Crippen LogP contribution < -0.4 is 20.5 Å². The topological polar surface area (TPSA) is 33.3 Å². The largest absolute Gasteiger partial charge is 0.456 e. The van der Waals surface area contributed by atoms with E-state index in [9.17, 15) is 0 Å². The summed E-state index contributed by atoms with van der Waals surface area (Å²) < 4.78 is 14.2. The first-order chi connectivity index (χ1) is 34.4. The van der Waals surface area contributed by atoms with E-state index < -0.39 is 0 Å². The second-order valence-electron chi connectivity index (χ2n) is 21.3. The second kappa shape index (κ2) is 15.5. The van der Waals surface area contributed by atoms with Crippen molar-refractivity contribution < 1.29 is 4.42 Å². The number of hydrogen-bond acceptors (Lipinski definition) is 5. The van der Waals surface area contributed by atoms with Gasteiger partial charge in [-0.05, 0) is 123 Å². The molecule has 5 heterocycles. The first-order valence-corrected chi connectivity index (χ1v) is 26.2. The molecule has 0 saturated carbocycles. The van der Waals surface area contributed by atoms with Gasteiger partial charge in [-0.2, -0.15) is 0 Å². The summed E-state index contributed by atoms with van der Waals surface area (Å²) in [4.78, 5) is 2.35. The van der Waals surface area contributed by atoms with Crippen molar-refractivity contribution in [3.63, 3.8) is 0 Å². The van der Waals surface area contributed by atoms with Crippen LogP contribution >= 0.6 is 22.7 Å². The summed E-state index contributed by atoms with van der Waals surface area (Å²) in [5.41, 5.74) is 17.3. The SMILES string of the molecule is CC(C)(C)c1ccc(Nc2cc3c(cc2-c2ccc4c5cc6c(cc5n5c4c2[B]c2sc4ccc(C(C)(C)C)cc4c2-5)oc2ccccc26)sc2cc(N(c4ccccc4)c4ccccc4)ccc23)cc1. The van der Waals surface area contributed by atoms with Gasteiger partial charge in [0.25, 0.3) is 0 Å². The maximum atomic E-state index is 6.62. The molecule has 0 fully saturated rings. The number of anilines is 5. The first kappa shape index (κ1) is 42.3. The van der Waals surface area contributed by atoms with Crippen LogP contribution in [0.2, 0.25) is 0 Å². The van der Waals surface area contributed by atoms with E-state index in [2.05, 4.69) is 246 Å². The van der Waals surface area contributed by atoms with Crippen molar-refractivity contribution in [2.45, 2.75) is 52.4 Å². The van der Waals surface area contributed by atoms with Crippen LogP contribution in [0.15, 0.2) is 186 Å². The molecule has 0 saturated heterocycles. The molecule has 71 heavy (non-hydrogen) atoms. The molecule has 13 aromatic rings. The Morgan fingerprint density at radius 2 is 1.17 bits per heavy atom. The molecule has 0 amide bonds. The Kier molecular flexibility index (Phi) is 9.21. The number of aromatic nitrogens is 1. The first-order valence-electron chi connectivity index (χ1n) is 24.6. The van der Waals surface area contributed by atoms with Crippen molar-refractivity contribution >= 4 is 143 Å². The molecule has 1 aliphatic heterocycles. The van der Waals surface area contributed by atoms with E-state index in [0.29, 0.717) is 0 Å². The molecule has 7 heteroatoms. The van der Waals surface area contributed by atoms with Gasteiger partial charge in [0.2, 0.25) is 7.28 Å². The van der Waals surface area contributed by atoms with Gasteiger partial charge >= 0.3 is 0 Å². The van der Waals surface area contributed by atoms with Gasteiger partial charge in [0.1, 0.15) is 11.2 Å². The predicted octanol–water partition coefficient (Wildman–Crippen LogP) is 17.7. The molecule has 341 valence electrons. The average Bonchev–Trinajstić information content (AvgIpc) is 4.12. The highest BCUT2D eigenvalue weighted by Gasteiger charge is 2.31. The lowest BCUT2D eigenvalue weighted by Crippen LogP contribution is -2.35. The van der Waals surface area contributed by atoms with Crippen LogP contribution in [0.1, 0.15) is 52.7 Å². The Bertz CT molecular complexity index is 4260. The average molecular weight is 951 g/mol. The highest BCUT2D eigenvalue weighted by molar-refractivity contribution is 7.29. The van der Waals surface area contributed by atoms with E-state index in [0.717, 1.165) is 55.9 Å². The van der Waals surface area contributed by atoms with Gasteiger partial charge in [0.15, 0.2) is 0 Å². The fourth-order valence-corrected chi connectivity index (χ4v) is 13.4. The van der Waals surface area contributed by atoms with E-state index in [4.69, 9.17) is 4.42 Å². The lowest BCUT2D eigenvalue weighted by molar-refractivity contribution is 0.590. The molecule has 9 aromatic carbocycles. The maximum Gasteiger partial charge on any atom is 0.211 e. The van der Waals surface area contributed by atoms with E-state index in [1.54, 1.807) is 0 Å². The van der Waals surface area contributed by atoms with Crippen LogP contribution in [0.5, 0.6) is 0 Å². The minimum atomic E-state index is 0.00737. The molecule has 0 atom stereocenters. The molecular weight excluding hydrogens is 902 g/mol. The fraction of sp³-hybridized carbons (Fsp3) is 0.125. The molecule has 0 unspecified atom stereocenters. The van der Waals surface area contributed by atoms with Crippen LogP contribution in [0.4, 0.5) is 28.4 Å². The summed E-state index contributed by atoms with van der Waals surface area (Å²) in [5.74, 6) is 0. The Hall–Kier alpha value is -7.58. The monoisotopic (exact) mass is 950 g/mol. The van der Waals surface area contributed by atoms with Crippen LogP contribution in [-0.2, 0) is 10.8 Å². The predicted molar refractivity (Wildman–Crippen MR) is 309 cm³/mol. The fourth-order valence-electron chi connectivity index (χ4n) is 11.1. The molecule has 14 rings (SSSR count). The van der Waals surface area contributed by atoms with Crippen molar-refractivity contribution in [3.05, 3.63) is 193 Å². The number of rotatable bonds is 6. The summed E-state index contributed by atoms with van der Waals surface area (Å²) in [5, 5.41) is 12.5. The standard InChI is InChI=1S/C64H49BN3OS2/c1-63(2,3)37-21-24-39(25-22-37)66-52-34-50-44-27-26-42(67(40-15-9-7-10-16-40)41-17-11-8-12-18-41)32-57(44)70-58(50)35-47(52)45-28-29-46-48-33-49-43-19-13-14-20-54(43)69-55(49)36-53(48)68-60(46)59(45)65-62-61(68)51-31-38(64(4,5)6)23-30-56(51)71-62/h7-36,66H,1-6H3. The molecule has 0 bridgehead atoms. The zero-order chi connectivity index (χ0) is 47.9. The number of furan rings is 1. The molecule has 4 nitrogen and oxygen atoms in total. The van der Waals surface area contributed by atoms with Crippen molar-refractivity contribution in [3.8, 4) is 16.8 Å². The third-order valence-electron chi connectivity index (χ3n) is 14.7. The highest BCUT2D eigenvalue weighted by Crippen LogP contribution is 2.47. The Balaban J connectivity index is 1.02. The van der Waals surface area contributed by atoms with Gasteiger partial charge < -0.3 is 19.2 Å². The van der Waals surface area contributed by atoms with Gasteiger partial charge in [0, 0.05) is 97.4 Å². The maximum absolute atomic E-state index is 6.62. The smallest absolute Gasteiger partial charge is 0.211 e. The second-order valence-corrected chi connectivity index (χ2v) is 23.4. The van der Waals surface area contributed by atoms with Crippen molar-refractivity contribution in [1.29, 1.82) is 0 Å². The van der Waals surface area contributed by atoms with E-state index in [1.165, 1.54) is 84.7 Å². The van der Waals surface area contributed by atoms with Gasteiger partial charge in [0.05, 0.1) is 11.2 Å². The van der Waals surface area contributed by atoms with Crippen molar-refractivity contribution in [1.82, 2.24) is 4.57 Å². The van der Waals surface area contributed by atoms with Gasteiger partial charge in [-0.3, -0.25) is 0 Å². The number of hydrogen-bond donors (Lipinski definition) is 1. The van der Waals surface area contributed by atoms with Gasteiger partial charge in [-0.15, -0.1) is 22.7 Å². The third-order valence-corrected chi connectivity index (χ3v) is 16.9. The number of nitrogens with one attached hydrogen (secondary N) is 1. The van der Waals surface area contributed by atoms with E-state index in [1.807, 2.05) is 22.7 Å². The number of thiophene rings is 2. The summed E-state index contributed by atoms with van der Waals surface area (Å²) in [6, 6.07) is 67.1. The molecule has 0 spiro atoms. The zero-order valence-electron chi connectivity index (χ0n) is 40.5. The third kappa shape index (κ3) is 6.70. The van der Waals surface area contributed by atoms with E-state index in [-0.39, 0.29) is 10.8 Å². The van der Waals surface area contributed by atoms with Crippen molar-refractivity contribution in [2.75, 3.05) is 10.2 Å². The summed E-state index contributed by atoms with van der Waals surface area (Å²) in [7, 11) is 2.48.